The van der Waals surface area contributed by atoms with Crippen molar-refractivity contribution in [3.05, 3.63) is 78.6 Å². The van der Waals surface area contributed by atoms with E-state index in [1.807, 2.05) is 0 Å². The van der Waals surface area contributed by atoms with Gasteiger partial charge >= 0.3 is 11.9 Å². The Bertz CT molecular complexity index is 902. The van der Waals surface area contributed by atoms with E-state index in [1.54, 1.807) is 0 Å². The van der Waals surface area contributed by atoms with Crippen LogP contribution in [0.2, 0.25) is 0 Å². The maximum absolute atomic E-state index is 12.2. The summed E-state index contributed by atoms with van der Waals surface area (Å²) in [4.78, 5) is 34.9. The van der Waals surface area contributed by atoms with E-state index in [0.29, 0.717) is 5.69 Å². The van der Waals surface area contributed by atoms with E-state index in [0.717, 1.165) is 0 Å². The summed E-state index contributed by atoms with van der Waals surface area (Å²) in [5.41, 5.74) is 10.9. The Kier molecular flexibility index (Phi) is 5.95. The number of amides is 1. The topological polar surface area (TPSA) is 134 Å². The molecule has 8 nitrogen and oxygen atoms in total. The molecule has 2 rings (SSSR count). The number of esters is 2. The van der Waals surface area contributed by atoms with Gasteiger partial charge in [-0.15, -0.1) is 0 Å². The second-order valence-electron chi connectivity index (χ2n) is 5.33. The van der Waals surface area contributed by atoms with Crippen LogP contribution in [0.4, 0.5) is 5.69 Å². The molecular weight excluding hydrogens is 350 g/mol. The van der Waals surface area contributed by atoms with Crippen molar-refractivity contribution in [3.63, 3.8) is 0 Å². The van der Waals surface area contributed by atoms with Gasteiger partial charge in [0, 0.05) is 5.69 Å². The second-order valence-corrected chi connectivity index (χ2v) is 5.33. The van der Waals surface area contributed by atoms with Gasteiger partial charge in [-0.2, -0.15) is 0 Å². The van der Waals surface area contributed by atoms with Crippen molar-refractivity contribution < 1.29 is 23.9 Å². The van der Waals surface area contributed by atoms with Gasteiger partial charge in [-0.1, -0.05) is 13.2 Å². The quantitative estimate of drug-likeness (QED) is 0.402. The van der Waals surface area contributed by atoms with Crippen molar-refractivity contribution >= 4 is 23.5 Å². The van der Waals surface area contributed by atoms with Gasteiger partial charge in [-0.25, -0.2) is 9.59 Å². The number of anilines is 1. The number of nitrogens with two attached hydrogens (primary N) is 2. The van der Waals surface area contributed by atoms with E-state index in [4.69, 9.17) is 20.9 Å². The highest BCUT2D eigenvalue weighted by Crippen LogP contribution is 2.20. The Morgan fingerprint density at radius 3 is 1.78 bits per heavy atom. The average Bonchev–Trinajstić information content (AvgIpc) is 2.63. The van der Waals surface area contributed by atoms with Crippen LogP contribution in [0.25, 0.3) is 0 Å². The molecule has 2 aromatic carbocycles. The molecule has 1 amide bonds. The van der Waals surface area contributed by atoms with Gasteiger partial charge in [0.2, 0.25) is 0 Å². The van der Waals surface area contributed by atoms with Crippen LogP contribution in [0.3, 0.4) is 0 Å². The minimum absolute atomic E-state index is 0.122. The van der Waals surface area contributed by atoms with Crippen LogP contribution in [0.15, 0.2) is 73.1 Å². The zero-order chi connectivity index (χ0) is 20.0. The van der Waals surface area contributed by atoms with E-state index < -0.39 is 17.8 Å². The molecule has 0 bridgehead atoms. The van der Waals surface area contributed by atoms with Gasteiger partial charge in [-0.3, -0.25) is 4.79 Å². The molecule has 0 aliphatic rings. The maximum Gasteiger partial charge on any atom is 0.358 e. The number of rotatable bonds is 6. The molecule has 0 saturated heterocycles. The molecule has 0 radical (unpaired) electrons. The van der Waals surface area contributed by atoms with Crippen molar-refractivity contribution in [1.29, 1.82) is 0 Å². The minimum atomic E-state index is -0.759. The molecule has 27 heavy (non-hydrogen) atoms. The zero-order valence-electron chi connectivity index (χ0n) is 14.2. The van der Waals surface area contributed by atoms with E-state index in [2.05, 4.69) is 18.5 Å². The normalized spacial score (nSPS) is 9.78. The van der Waals surface area contributed by atoms with Crippen LogP contribution in [0, 0.1) is 0 Å². The summed E-state index contributed by atoms with van der Waals surface area (Å²) in [5, 5.41) is 2.51. The zero-order valence-corrected chi connectivity index (χ0v) is 14.2. The van der Waals surface area contributed by atoms with Crippen LogP contribution in [0.5, 0.6) is 11.5 Å². The van der Waals surface area contributed by atoms with Gasteiger partial charge in [0.15, 0.2) is 0 Å². The Hall–Kier alpha value is -4.07. The van der Waals surface area contributed by atoms with Crippen LogP contribution in [-0.2, 0) is 9.59 Å². The highest BCUT2D eigenvalue weighted by Gasteiger charge is 2.11. The highest BCUT2D eigenvalue weighted by atomic mass is 16.5. The lowest BCUT2D eigenvalue weighted by atomic mass is 10.2. The SMILES string of the molecule is C=C(N)C(=O)Nc1ccc(C(=O)Oc2ccc(OC(=O)C(=C)N)cc2)cc1. The molecule has 0 unspecified atom stereocenters. The van der Waals surface area contributed by atoms with Crippen molar-refractivity contribution in [2.45, 2.75) is 0 Å². The molecule has 5 N–H and O–H groups in total. The Labute approximate surface area is 155 Å². The molecule has 0 aromatic heterocycles. The van der Waals surface area contributed by atoms with E-state index >= 15 is 0 Å². The molecular formula is C19H17N3O5. The smallest absolute Gasteiger partial charge is 0.358 e. The van der Waals surface area contributed by atoms with Crippen LogP contribution in [-0.4, -0.2) is 17.8 Å². The predicted octanol–water partition coefficient (Wildman–Crippen LogP) is 1.69. The third-order valence-electron chi connectivity index (χ3n) is 3.18. The molecule has 0 fully saturated rings. The Morgan fingerprint density at radius 2 is 1.30 bits per heavy atom. The first-order valence-corrected chi connectivity index (χ1v) is 7.61. The van der Waals surface area contributed by atoms with Crippen molar-refractivity contribution in [2.24, 2.45) is 11.5 Å². The van der Waals surface area contributed by atoms with E-state index in [1.165, 1.54) is 48.5 Å². The van der Waals surface area contributed by atoms with Crippen molar-refractivity contribution in [1.82, 2.24) is 0 Å². The molecule has 0 saturated carbocycles. The molecule has 0 aliphatic heterocycles. The van der Waals surface area contributed by atoms with Gasteiger partial charge in [0.1, 0.15) is 17.2 Å². The largest absolute Gasteiger partial charge is 0.423 e. The minimum Gasteiger partial charge on any atom is -0.423 e. The van der Waals surface area contributed by atoms with Crippen molar-refractivity contribution in [2.75, 3.05) is 5.32 Å². The van der Waals surface area contributed by atoms with Gasteiger partial charge in [0.05, 0.1) is 11.3 Å². The summed E-state index contributed by atoms with van der Waals surface area (Å²) < 4.78 is 10.2. The van der Waals surface area contributed by atoms with Crippen LogP contribution < -0.4 is 26.3 Å². The monoisotopic (exact) mass is 367 g/mol. The lowest BCUT2D eigenvalue weighted by Crippen LogP contribution is -2.18. The Balaban J connectivity index is 1.98. The number of hydrogen-bond donors (Lipinski definition) is 3. The molecule has 0 atom stereocenters. The fraction of sp³-hybridized carbons (Fsp3) is 0. The molecule has 0 spiro atoms. The molecule has 8 heteroatoms. The summed E-state index contributed by atoms with van der Waals surface area (Å²) in [6, 6.07) is 11.8. The molecule has 0 aliphatic carbocycles. The predicted molar refractivity (Wildman–Crippen MR) is 98.8 cm³/mol. The van der Waals surface area contributed by atoms with Crippen LogP contribution in [0.1, 0.15) is 10.4 Å². The van der Waals surface area contributed by atoms with E-state index in [9.17, 15) is 14.4 Å². The third-order valence-corrected chi connectivity index (χ3v) is 3.18. The number of hydrogen-bond acceptors (Lipinski definition) is 7. The first-order chi connectivity index (χ1) is 12.8. The number of carbonyl (C=O) groups is 3. The lowest BCUT2D eigenvalue weighted by Gasteiger charge is -2.08. The first kappa shape index (κ1) is 19.3. The second kappa shape index (κ2) is 8.34. The van der Waals surface area contributed by atoms with E-state index in [-0.39, 0.29) is 28.5 Å². The maximum atomic E-state index is 12.2. The number of carbonyl (C=O) groups excluding carboxylic acids is 3. The summed E-state index contributed by atoms with van der Waals surface area (Å²) in [6.45, 7) is 6.60. The standard InChI is InChI=1S/C19H17N3O5/c1-11(20)17(23)22-14-5-3-13(4-6-14)19(25)27-16-9-7-15(8-10-16)26-18(24)12(2)21/h3-10H,1-2,20-21H2,(H,22,23). The van der Waals surface area contributed by atoms with Gasteiger partial charge < -0.3 is 26.3 Å². The highest BCUT2D eigenvalue weighted by molar-refractivity contribution is 6.02. The number of ether oxygens (including phenoxy) is 2. The fourth-order valence-electron chi connectivity index (χ4n) is 1.82. The first-order valence-electron chi connectivity index (χ1n) is 7.61. The number of benzene rings is 2. The van der Waals surface area contributed by atoms with Gasteiger partial charge in [-0.05, 0) is 48.5 Å². The average molecular weight is 367 g/mol. The number of nitrogens with one attached hydrogen (secondary N) is 1. The third kappa shape index (κ3) is 5.46. The molecule has 2 aromatic rings. The summed E-state index contributed by atoms with van der Waals surface area (Å²) in [6.07, 6.45) is 0. The lowest BCUT2D eigenvalue weighted by molar-refractivity contribution is -0.130. The van der Waals surface area contributed by atoms with Crippen molar-refractivity contribution in [3.8, 4) is 11.5 Å². The summed E-state index contributed by atoms with van der Waals surface area (Å²) >= 11 is 0. The molecule has 0 heterocycles. The van der Waals surface area contributed by atoms with Gasteiger partial charge in [0.25, 0.3) is 5.91 Å². The molecule has 138 valence electrons. The van der Waals surface area contributed by atoms with Crippen LogP contribution >= 0.6 is 0 Å². The fourth-order valence-corrected chi connectivity index (χ4v) is 1.82. The summed E-state index contributed by atoms with van der Waals surface area (Å²) in [5.74, 6) is -1.40. The summed E-state index contributed by atoms with van der Waals surface area (Å²) in [7, 11) is 0. The Morgan fingerprint density at radius 1 is 0.778 bits per heavy atom.